The van der Waals surface area contributed by atoms with E-state index in [4.69, 9.17) is 0 Å². The lowest BCUT2D eigenvalue weighted by atomic mass is 10.1. The number of hydrogen-bond acceptors (Lipinski definition) is 2. The predicted molar refractivity (Wildman–Crippen MR) is 55.8 cm³/mol. The first-order valence-corrected chi connectivity index (χ1v) is 4.58. The van der Waals surface area contributed by atoms with Crippen LogP contribution in [0, 0.1) is 13.8 Å². The normalized spacial score (nSPS) is 11.8. The molecule has 0 unspecified atom stereocenters. The first-order chi connectivity index (χ1) is 6.25. The predicted octanol–water partition coefficient (Wildman–Crippen LogP) is 0.908. The number of nitrogens with zero attached hydrogens (tertiary/aromatic N) is 1. The summed E-state index contributed by atoms with van der Waals surface area (Å²) in [5, 5.41) is 0. The number of hydrogen-bond donors (Lipinski definition) is 1. The molecule has 1 aromatic heterocycles. The summed E-state index contributed by atoms with van der Waals surface area (Å²) in [6.07, 6.45) is 0. The van der Waals surface area contributed by atoms with Gasteiger partial charge >= 0.3 is 5.69 Å². The van der Waals surface area contributed by atoms with Crippen molar-refractivity contribution in [1.29, 1.82) is 0 Å². The number of rotatable bonds is 0. The highest BCUT2D eigenvalue weighted by Gasteiger charge is 2.18. The van der Waals surface area contributed by atoms with Gasteiger partial charge in [0.25, 0.3) is 5.56 Å². The zero-order valence-corrected chi connectivity index (χ0v) is 9.26. The van der Waals surface area contributed by atoms with Crippen LogP contribution in [0.5, 0.6) is 0 Å². The Morgan fingerprint density at radius 3 is 2.07 bits per heavy atom. The largest absolute Gasteiger partial charge is 0.329 e. The van der Waals surface area contributed by atoms with E-state index in [0.29, 0.717) is 5.56 Å². The van der Waals surface area contributed by atoms with Crippen LogP contribution in [0.4, 0.5) is 0 Å². The third kappa shape index (κ3) is 1.64. The van der Waals surface area contributed by atoms with E-state index < -0.39 is 0 Å². The third-order valence-electron chi connectivity index (χ3n) is 2.31. The molecular weight excluding hydrogens is 180 g/mol. The Labute approximate surface area is 82.6 Å². The van der Waals surface area contributed by atoms with E-state index in [2.05, 4.69) is 4.98 Å². The molecular formula is C10H16N2O2. The number of aromatic nitrogens is 2. The van der Waals surface area contributed by atoms with Crippen LogP contribution in [-0.2, 0) is 5.54 Å². The summed E-state index contributed by atoms with van der Waals surface area (Å²) in [6, 6.07) is 0. The Morgan fingerprint density at radius 2 is 1.64 bits per heavy atom. The fourth-order valence-corrected chi connectivity index (χ4v) is 1.54. The van der Waals surface area contributed by atoms with Crippen LogP contribution in [0.2, 0.25) is 0 Å². The lowest BCUT2D eigenvalue weighted by Crippen LogP contribution is -2.41. The molecule has 0 radical (unpaired) electrons. The van der Waals surface area contributed by atoms with Gasteiger partial charge in [0.15, 0.2) is 0 Å². The van der Waals surface area contributed by atoms with Crippen LogP contribution >= 0.6 is 0 Å². The number of nitrogens with one attached hydrogen (secondary N) is 1. The molecule has 0 aliphatic rings. The van der Waals surface area contributed by atoms with Gasteiger partial charge in [-0.05, 0) is 34.6 Å². The minimum atomic E-state index is -0.342. The highest BCUT2D eigenvalue weighted by molar-refractivity contribution is 5.15. The highest BCUT2D eigenvalue weighted by atomic mass is 16.2. The molecule has 0 spiro atoms. The van der Waals surface area contributed by atoms with Gasteiger partial charge in [-0.15, -0.1) is 0 Å². The van der Waals surface area contributed by atoms with Crippen molar-refractivity contribution in [1.82, 2.24) is 9.55 Å². The van der Waals surface area contributed by atoms with Gasteiger partial charge in [0.2, 0.25) is 0 Å². The Hall–Kier alpha value is -1.32. The lowest BCUT2D eigenvalue weighted by molar-refractivity contribution is 0.366. The third-order valence-corrected chi connectivity index (χ3v) is 2.31. The zero-order valence-electron chi connectivity index (χ0n) is 9.26. The van der Waals surface area contributed by atoms with Crippen molar-refractivity contribution in [2.75, 3.05) is 0 Å². The maximum absolute atomic E-state index is 11.6. The Balaban J connectivity index is 3.70. The van der Waals surface area contributed by atoms with Crippen molar-refractivity contribution in [2.45, 2.75) is 40.2 Å². The fraction of sp³-hybridized carbons (Fsp3) is 0.600. The van der Waals surface area contributed by atoms with Crippen molar-refractivity contribution >= 4 is 0 Å². The van der Waals surface area contributed by atoms with Crippen LogP contribution in [0.3, 0.4) is 0 Å². The molecule has 0 atom stereocenters. The molecule has 0 saturated carbocycles. The van der Waals surface area contributed by atoms with E-state index in [1.165, 1.54) is 0 Å². The fourth-order valence-electron chi connectivity index (χ4n) is 1.54. The van der Waals surface area contributed by atoms with Gasteiger partial charge in [0.1, 0.15) is 0 Å². The Kier molecular flexibility index (Phi) is 2.39. The van der Waals surface area contributed by atoms with Crippen molar-refractivity contribution < 1.29 is 0 Å². The molecule has 0 fully saturated rings. The molecule has 1 rings (SSSR count). The molecule has 1 N–H and O–H groups in total. The second-order valence-electron chi connectivity index (χ2n) is 4.48. The average Bonchev–Trinajstić information content (AvgIpc) is 1.97. The molecule has 0 amide bonds. The van der Waals surface area contributed by atoms with E-state index in [9.17, 15) is 9.59 Å². The first kappa shape index (κ1) is 10.8. The second kappa shape index (κ2) is 3.12. The van der Waals surface area contributed by atoms with Crippen LogP contribution in [-0.4, -0.2) is 9.55 Å². The Bertz CT molecular complexity index is 460. The van der Waals surface area contributed by atoms with Gasteiger partial charge in [-0.25, -0.2) is 4.79 Å². The van der Waals surface area contributed by atoms with Crippen molar-refractivity contribution in [2.24, 2.45) is 0 Å². The topological polar surface area (TPSA) is 54.9 Å². The summed E-state index contributed by atoms with van der Waals surface area (Å²) in [7, 11) is 0. The van der Waals surface area contributed by atoms with E-state index in [1.807, 2.05) is 20.8 Å². The molecule has 0 aromatic carbocycles. The van der Waals surface area contributed by atoms with Crippen molar-refractivity contribution in [3.63, 3.8) is 0 Å². The number of aromatic amines is 1. The minimum Gasteiger partial charge on any atom is -0.292 e. The van der Waals surface area contributed by atoms with Gasteiger partial charge in [0, 0.05) is 16.8 Å². The Morgan fingerprint density at radius 1 is 1.14 bits per heavy atom. The SMILES string of the molecule is Cc1c(C)n(C(C)(C)C)c(=O)[nH]c1=O. The molecule has 78 valence electrons. The molecule has 0 saturated heterocycles. The summed E-state index contributed by atoms with van der Waals surface area (Å²) < 4.78 is 1.60. The van der Waals surface area contributed by atoms with Crippen LogP contribution < -0.4 is 11.2 Å². The molecule has 4 nitrogen and oxygen atoms in total. The lowest BCUT2D eigenvalue weighted by Gasteiger charge is -2.25. The summed E-state index contributed by atoms with van der Waals surface area (Å²) in [4.78, 5) is 25.1. The van der Waals surface area contributed by atoms with Crippen molar-refractivity contribution in [3.8, 4) is 0 Å². The van der Waals surface area contributed by atoms with Crippen LogP contribution in [0.25, 0.3) is 0 Å². The first-order valence-electron chi connectivity index (χ1n) is 4.58. The monoisotopic (exact) mass is 196 g/mol. The molecule has 0 bridgehead atoms. The van der Waals surface area contributed by atoms with E-state index >= 15 is 0 Å². The summed E-state index contributed by atoms with van der Waals surface area (Å²) in [5.41, 5.74) is 0.375. The molecule has 0 aliphatic carbocycles. The summed E-state index contributed by atoms with van der Waals surface area (Å²) in [6.45, 7) is 9.30. The summed E-state index contributed by atoms with van der Waals surface area (Å²) in [5.74, 6) is 0. The van der Waals surface area contributed by atoms with Crippen molar-refractivity contribution in [3.05, 3.63) is 32.1 Å². The molecule has 4 heteroatoms. The number of H-pyrrole nitrogens is 1. The van der Waals surface area contributed by atoms with Crippen LogP contribution in [0.15, 0.2) is 9.59 Å². The smallest absolute Gasteiger partial charge is 0.292 e. The molecule has 1 heterocycles. The van der Waals surface area contributed by atoms with E-state index in [1.54, 1.807) is 18.4 Å². The standard InChI is InChI=1S/C10H16N2O2/c1-6-7(2)12(10(3,4)5)9(14)11-8(6)13/h1-5H3,(H,11,13,14). The molecule has 1 aromatic rings. The molecule has 14 heavy (non-hydrogen) atoms. The zero-order chi connectivity index (χ0) is 11.1. The van der Waals surface area contributed by atoms with Crippen LogP contribution in [0.1, 0.15) is 32.0 Å². The van der Waals surface area contributed by atoms with E-state index in [-0.39, 0.29) is 16.8 Å². The molecule has 0 aliphatic heterocycles. The maximum atomic E-state index is 11.6. The highest BCUT2D eigenvalue weighted by Crippen LogP contribution is 2.13. The van der Waals surface area contributed by atoms with Gasteiger partial charge in [-0.1, -0.05) is 0 Å². The average molecular weight is 196 g/mol. The van der Waals surface area contributed by atoms with Gasteiger partial charge in [-0.2, -0.15) is 0 Å². The van der Waals surface area contributed by atoms with E-state index in [0.717, 1.165) is 5.69 Å². The summed E-state index contributed by atoms with van der Waals surface area (Å²) >= 11 is 0. The van der Waals surface area contributed by atoms with Gasteiger partial charge in [0.05, 0.1) is 0 Å². The maximum Gasteiger partial charge on any atom is 0.329 e. The van der Waals surface area contributed by atoms with Gasteiger partial charge < -0.3 is 0 Å². The second-order valence-corrected chi connectivity index (χ2v) is 4.48. The quantitative estimate of drug-likeness (QED) is 0.670. The minimum absolute atomic E-state index is 0.298. The van der Waals surface area contributed by atoms with Gasteiger partial charge in [-0.3, -0.25) is 14.3 Å².